The molecule has 1 N–H and O–H groups in total. The van der Waals surface area contributed by atoms with Crippen LogP contribution in [0.4, 0.5) is 5.69 Å². The van der Waals surface area contributed by atoms with E-state index in [0.29, 0.717) is 13.0 Å². The Balaban J connectivity index is 2.31. The number of carbonyl (C=O) groups is 1. The molecule has 1 atom stereocenters. The van der Waals surface area contributed by atoms with Gasteiger partial charge in [-0.2, -0.15) is 0 Å². The van der Waals surface area contributed by atoms with Gasteiger partial charge in [0.2, 0.25) is 5.91 Å². The predicted octanol–water partition coefficient (Wildman–Crippen LogP) is 1.22. The van der Waals surface area contributed by atoms with Crippen LogP contribution in [0.25, 0.3) is 0 Å². The van der Waals surface area contributed by atoms with Crippen LogP contribution in [0.2, 0.25) is 0 Å². The van der Waals surface area contributed by atoms with Gasteiger partial charge in [-0.05, 0) is 23.1 Å². The first kappa shape index (κ1) is 15.8. The summed E-state index contributed by atoms with van der Waals surface area (Å²) in [7, 11) is 1.21. The van der Waals surface area contributed by atoms with Gasteiger partial charge in [-0.15, -0.1) is 6.58 Å². The van der Waals surface area contributed by atoms with Crippen molar-refractivity contribution in [3.63, 3.8) is 0 Å². The number of rotatable bonds is 5. The molecule has 0 bridgehead atoms. The maximum Gasteiger partial charge on any atom is 0.277 e. The van der Waals surface area contributed by atoms with Crippen LogP contribution in [0.1, 0.15) is 30.4 Å². The fourth-order valence-corrected chi connectivity index (χ4v) is 2.85. The van der Waals surface area contributed by atoms with Crippen molar-refractivity contribution in [1.29, 1.82) is 0 Å². The summed E-state index contributed by atoms with van der Waals surface area (Å²) >= 11 is 0. The molecule has 110 valence electrons. The van der Waals surface area contributed by atoms with Crippen molar-refractivity contribution in [2.75, 3.05) is 11.4 Å². The van der Waals surface area contributed by atoms with E-state index in [1.807, 2.05) is 19.1 Å². The molecular formula is C14H17BN2O3S. The van der Waals surface area contributed by atoms with Gasteiger partial charge < -0.3 is 4.90 Å². The van der Waals surface area contributed by atoms with E-state index < -0.39 is 9.87 Å². The second-order valence-electron chi connectivity index (χ2n) is 5.16. The zero-order chi connectivity index (χ0) is 15.6. The summed E-state index contributed by atoms with van der Waals surface area (Å²) in [5, 5.41) is 0. The molecule has 1 heterocycles. The van der Waals surface area contributed by atoms with E-state index in [1.165, 1.54) is 0 Å². The number of amides is 1. The van der Waals surface area contributed by atoms with Crippen LogP contribution in [0.3, 0.4) is 0 Å². The summed E-state index contributed by atoms with van der Waals surface area (Å²) in [5.74, 6) is 0.174. The third kappa shape index (κ3) is 3.74. The van der Waals surface area contributed by atoms with Crippen molar-refractivity contribution in [1.82, 2.24) is 4.72 Å². The first-order chi connectivity index (χ1) is 9.81. The van der Waals surface area contributed by atoms with Crippen LogP contribution in [0.15, 0.2) is 30.9 Å². The molecule has 1 unspecified atom stereocenters. The van der Waals surface area contributed by atoms with E-state index in [4.69, 9.17) is 7.12 Å². The maximum absolute atomic E-state index is 12.1. The Morgan fingerprint density at radius 2 is 2.24 bits per heavy atom. The van der Waals surface area contributed by atoms with Gasteiger partial charge in [0, 0.05) is 25.2 Å². The van der Waals surface area contributed by atoms with Crippen LogP contribution in [0, 0.1) is 0 Å². The fourth-order valence-electron chi connectivity index (χ4n) is 2.48. The Kier molecular flexibility index (Phi) is 4.53. The topological polar surface area (TPSA) is 66.5 Å². The SMILES string of the molecule is [B]S(=O)(=O)NCc1ccc2c(c1)C(C)CC(=O)N2CC=C. The summed E-state index contributed by atoms with van der Waals surface area (Å²) in [6.07, 6.45) is 2.13. The van der Waals surface area contributed by atoms with Crippen LogP contribution in [0.5, 0.6) is 0 Å². The fraction of sp³-hybridized carbons (Fsp3) is 0.357. The summed E-state index contributed by atoms with van der Waals surface area (Å²) in [6, 6.07) is 5.55. The Morgan fingerprint density at radius 3 is 2.86 bits per heavy atom. The van der Waals surface area contributed by atoms with E-state index in [1.54, 1.807) is 17.0 Å². The highest BCUT2D eigenvalue weighted by molar-refractivity contribution is 8.10. The number of hydrogen-bond donors (Lipinski definition) is 1. The second-order valence-corrected chi connectivity index (χ2v) is 6.54. The highest BCUT2D eigenvalue weighted by Crippen LogP contribution is 2.36. The number of anilines is 1. The molecule has 7 heteroatoms. The third-order valence-corrected chi connectivity index (χ3v) is 4.03. The molecule has 0 aromatic heterocycles. The molecule has 1 aliphatic rings. The van der Waals surface area contributed by atoms with Crippen LogP contribution in [-0.4, -0.2) is 28.0 Å². The van der Waals surface area contributed by atoms with Crippen molar-refractivity contribution in [3.8, 4) is 0 Å². The number of benzene rings is 1. The van der Waals surface area contributed by atoms with Crippen LogP contribution in [-0.2, 0) is 21.2 Å². The normalized spacial score (nSPS) is 18.4. The van der Waals surface area contributed by atoms with E-state index in [0.717, 1.165) is 16.8 Å². The van der Waals surface area contributed by atoms with Crippen molar-refractivity contribution in [2.45, 2.75) is 25.8 Å². The Labute approximate surface area is 126 Å². The lowest BCUT2D eigenvalue weighted by Gasteiger charge is -2.32. The van der Waals surface area contributed by atoms with Gasteiger partial charge in [-0.1, -0.05) is 25.1 Å². The Bertz CT molecular complexity index is 673. The smallest absolute Gasteiger partial charge is 0.277 e. The van der Waals surface area contributed by atoms with Crippen molar-refractivity contribution < 1.29 is 13.2 Å². The zero-order valence-corrected chi connectivity index (χ0v) is 12.7. The average Bonchev–Trinajstić information content (AvgIpc) is 2.40. The first-order valence-corrected chi connectivity index (χ1v) is 8.18. The number of carbonyl (C=O) groups excluding carboxylic acids is 1. The minimum Gasteiger partial charge on any atom is -0.308 e. The van der Waals surface area contributed by atoms with E-state index >= 15 is 0 Å². The number of fused-ring (bicyclic) bond motifs is 1. The number of hydrogen-bond acceptors (Lipinski definition) is 3. The quantitative estimate of drug-likeness (QED) is 0.657. The molecule has 5 nitrogen and oxygen atoms in total. The van der Waals surface area contributed by atoms with Crippen molar-refractivity contribution >= 4 is 28.6 Å². The molecule has 0 aliphatic carbocycles. The summed E-state index contributed by atoms with van der Waals surface area (Å²) < 4.78 is 24.1. The molecule has 0 saturated carbocycles. The molecule has 2 rings (SSSR count). The lowest BCUT2D eigenvalue weighted by Crippen LogP contribution is -2.36. The molecule has 1 aliphatic heterocycles. The molecular weight excluding hydrogens is 287 g/mol. The number of nitrogens with one attached hydrogen (secondary N) is 1. The minimum absolute atomic E-state index is 0.0744. The van der Waals surface area contributed by atoms with Gasteiger partial charge in [-0.25, -0.2) is 13.1 Å². The van der Waals surface area contributed by atoms with E-state index in [-0.39, 0.29) is 18.4 Å². The highest BCUT2D eigenvalue weighted by Gasteiger charge is 2.28. The summed E-state index contributed by atoms with van der Waals surface area (Å²) in [6.45, 7) is 6.25. The molecule has 1 amide bonds. The lowest BCUT2D eigenvalue weighted by molar-refractivity contribution is -0.119. The second kappa shape index (κ2) is 6.03. The van der Waals surface area contributed by atoms with E-state index in [9.17, 15) is 13.2 Å². The zero-order valence-electron chi connectivity index (χ0n) is 11.9. The molecule has 1 aromatic rings. The highest BCUT2D eigenvalue weighted by atomic mass is 32.2. The summed E-state index contributed by atoms with van der Waals surface area (Å²) in [5.41, 5.74) is 2.70. The van der Waals surface area contributed by atoms with Gasteiger partial charge in [0.1, 0.15) is 9.87 Å². The molecule has 0 fully saturated rings. The van der Waals surface area contributed by atoms with Gasteiger partial charge in [0.15, 0.2) is 0 Å². The maximum atomic E-state index is 12.1. The Hall–Kier alpha value is -1.60. The lowest BCUT2D eigenvalue weighted by atomic mass is 9.89. The van der Waals surface area contributed by atoms with Crippen molar-refractivity contribution in [2.24, 2.45) is 0 Å². The monoisotopic (exact) mass is 304 g/mol. The summed E-state index contributed by atoms with van der Waals surface area (Å²) in [4.78, 5) is 13.8. The van der Waals surface area contributed by atoms with E-state index in [2.05, 4.69) is 11.3 Å². The number of nitrogens with zero attached hydrogens (tertiary/aromatic N) is 1. The van der Waals surface area contributed by atoms with Crippen LogP contribution >= 0.6 is 0 Å². The van der Waals surface area contributed by atoms with Crippen LogP contribution < -0.4 is 9.62 Å². The largest absolute Gasteiger partial charge is 0.308 e. The Morgan fingerprint density at radius 1 is 1.52 bits per heavy atom. The van der Waals surface area contributed by atoms with Gasteiger partial charge >= 0.3 is 0 Å². The molecule has 21 heavy (non-hydrogen) atoms. The predicted molar refractivity (Wildman–Crippen MR) is 83.5 cm³/mol. The minimum atomic E-state index is -3.71. The first-order valence-electron chi connectivity index (χ1n) is 6.63. The average molecular weight is 304 g/mol. The van der Waals surface area contributed by atoms with Gasteiger partial charge in [0.05, 0.1) is 0 Å². The molecule has 0 spiro atoms. The standard InChI is InChI=1S/C14H17BN2O3S/c1-3-6-17-13-5-4-11(9-16-21(15,19)20)8-12(13)10(2)7-14(17)18/h3-5,8,10,16H,1,6-7,9H2,2H3. The molecule has 2 radical (unpaired) electrons. The molecule has 1 aromatic carbocycles. The third-order valence-electron chi connectivity index (χ3n) is 3.48. The van der Waals surface area contributed by atoms with Gasteiger partial charge in [-0.3, -0.25) is 4.79 Å². The van der Waals surface area contributed by atoms with Crippen molar-refractivity contribution in [3.05, 3.63) is 42.0 Å². The van der Waals surface area contributed by atoms with Gasteiger partial charge in [0.25, 0.3) is 7.12 Å². The molecule has 0 saturated heterocycles.